The highest BCUT2D eigenvalue weighted by Gasteiger charge is 2.18. The standard InChI is InChI=1S/C12H9F2NO2S/c1-2-17-12(16)10-11(18-6-15-10)7-3-8(13)5-9(14)4-7/h3-6H,2H2,1H3. The second-order valence-corrected chi connectivity index (χ2v) is 4.26. The number of halogens is 2. The molecule has 3 nitrogen and oxygen atoms in total. The quantitative estimate of drug-likeness (QED) is 0.803. The Morgan fingerprint density at radius 2 is 2.00 bits per heavy atom. The van der Waals surface area contributed by atoms with Gasteiger partial charge in [-0.25, -0.2) is 18.6 Å². The molecule has 2 aromatic rings. The lowest BCUT2D eigenvalue weighted by molar-refractivity contribution is 0.0521. The molecule has 6 heteroatoms. The maximum absolute atomic E-state index is 13.1. The number of rotatable bonds is 3. The highest BCUT2D eigenvalue weighted by Crippen LogP contribution is 2.29. The van der Waals surface area contributed by atoms with Gasteiger partial charge in [-0.2, -0.15) is 0 Å². The Morgan fingerprint density at radius 3 is 2.61 bits per heavy atom. The van der Waals surface area contributed by atoms with E-state index in [1.165, 1.54) is 5.51 Å². The van der Waals surface area contributed by atoms with Crippen LogP contribution in [0, 0.1) is 11.6 Å². The fourth-order valence-electron chi connectivity index (χ4n) is 1.48. The Hall–Kier alpha value is -1.82. The molecule has 0 saturated heterocycles. The lowest BCUT2D eigenvalue weighted by atomic mass is 10.1. The number of nitrogens with zero attached hydrogens (tertiary/aromatic N) is 1. The number of carbonyl (C=O) groups is 1. The molecule has 0 unspecified atom stereocenters. The first-order valence-corrected chi connectivity index (χ1v) is 6.07. The van der Waals surface area contributed by atoms with Gasteiger partial charge in [0.1, 0.15) is 11.6 Å². The van der Waals surface area contributed by atoms with Gasteiger partial charge in [0.15, 0.2) is 5.69 Å². The van der Waals surface area contributed by atoms with Gasteiger partial charge in [-0.1, -0.05) is 0 Å². The minimum Gasteiger partial charge on any atom is -0.461 e. The molecule has 2 rings (SSSR count). The first-order chi connectivity index (χ1) is 8.61. The fraction of sp³-hybridized carbons (Fsp3) is 0.167. The van der Waals surface area contributed by atoms with Crippen LogP contribution in [0.25, 0.3) is 10.4 Å². The molecule has 1 aromatic heterocycles. The van der Waals surface area contributed by atoms with Crippen LogP contribution in [0.4, 0.5) is 8.78 Å². The molecule has 0 saturated carbocycles. The number of carbonyl (C=O) groups excluding carboxylic acids is 1. The number of esters is 1. The molecule has 0 aliphatic heterocycles. The largest absolute Gasteiger partial charge is 0.461 e. The summed E-state index contributed by atoms with van der Waals surface area (Å²) in [5, 5.41) is 0. The normalized spacial score (nSPS) is 10.4. The van der Waals surface area contributed by atoms with Crippen molar-refractivity contribution in [2.24, 2.45) is 0 Å². The first-order valence-electron chi connectivity index (χ1n) is 5.19. The molecular weight excluding hydrogens is 260 g/mol. The molecule has 0 amide bonds. The lowest BCUT2D eigenvalue weighted by Gasteiger charge is -2.03. The average molecular weight is 269 g/mol. The Morgan fingerprint density at radius 1 is 1.33 bits per heavy atom. The van der Waals surface area contributed by atoms with E-state index in [1.54, 1.807) is 6.92 Å². The van der Waals surface area contributed by atoms with Gasteiger partial charge in [0.2, 0.25) is 0 Å². The van der Waals surface area contributed by atoms with Crippen LogP contribution in [0.5, 0.6) is 0 Å². The van der Waals surface area contributed by atoms with Crippen molar-refractivity contribution in [3.8, 4) is 10.4 Å². The molecular formula is C12H9F2NO2S. The van der Waals surface area contributed by atoms with Crippen LogP contribution < -0.4 is 0 Å². The zero-order chi connectivity index (χ0) is 13.1. The van der Waals surface area contributed by atoms with E-state index in [9.17, 15) is 13.6 Å². The number of ether oxygens (including phenoxy) is 1. The van der Waals surface area contributed by atoms with Gasteiger partial charge in [-0.05, 0) is 24.6 Å². The van der Waals surface area contributed by atoms with Crippen molar-refractivity contribution < 1.29 is 18.3 Å². The van der Waals surface area contributed by atoms with Gasteiger partial charge in [0.05, 0.1) is 17.0 Å². The lowest BCUT2D eigenvalue weighted by Crippen LogP contribution is -2.06. The zero-order valence-electron chi connectivity index (χ0n) is 9.44. The predicted octanol–water partition coefficient (Wildman–Crippen LogP) is 3.27. The maximum Gasteiger partial charge on any atom is 0.358 e. The van der Waals surface area contributed by atoms with Gasteiger partial charge in [0.25, 0.3) is 0 Å². The molecule has 0 radical (unpaired) electrons. The van der Waals surface area contributed by atoms with Gasteiger partial charge >= 0.3 is 5.97 Å². The molecule has 0 aliphatic carbocycles. The number of aromatic nitrogens is 1. The number of benzene rings is 1. The summed E-state index contributed by atoms with van der Waals surface area (Å²) < 4.78 is 31.1. The molecule has 1 aromatic carbocycles. The van der Waals surface area contributed by atoms with E-state index in [0.717, 1.165) is 29.5 Å². The van der Waals surface area contributed by atoms with Crippen LogP contribution in [0.1, 0.15) is 17.4 Å². The van der Waals surface area contributed by atoms with Gasteiger partial charge in [-0.15, -0.1) is 11.3 Å². The minimum atomic E-state index is -0.701. The van der Waals surface area contributed by atoms with Crippen molar-refractivity contribution in [1.29, 1.82) is 0 Å². The summed E-state index contributed by atoms with van der Waals surface area (Å²) in [6, 6.07) is 3.08. The van der Waals surface area contributed by atoms with Crippen molar-refractivity contribution in [3.05, 3.63) is 41.0 Å². The maximum atomic E-state index is 13.1. The number of hydrogen-bond donors (Lipinski definition) is 0. The minimum absolute atomic E-state index is 0.0758. The summed E-state index contributed by atoms with van der Waals surface area (Å²) >= 11 is 1.13. The van der Waals surface area contributed by atoms with Crippen molar-refractivity contribution in [1.82, 2.24) is 4.98 Å². The highest BCUT2D eigenvalue weighted by atomic mass is 32.1. The summed E-state index contributed by atoms with van der Waals surface area (Å²) in [5.41, 5.74) is 1.79. The molecule has 0 spiro atoms. The SMILES string of the molecule is CCOC(=O)c1ncsc1-c1cc(F)cc(F)c1. The van der Waals surface area contributed by atoms with Crippen molar-refractivity contribution in [2.45, 2.75) is 6.92 Å². The fourth-order valence-corrected chi connectivity index (χ4v) is 2.25. The molecule has 1 heterocycles. The van der Waals surface area contributed by atoms with Crippen LogP contribution >= 0.6 is 11.3 Å². The van der Waals surface area contributed by atoms with Gasteiger partial charge < -0.3 is 4.74 Å². The van der Waals surface area contributed by atoms with Gasteiger partial charge in [-0.3, -0.25) is 0 Å². The van der Waals surface area contributed by atoms with Gasteiger partial charge in [0, 0.05) is 6.07 Å². The second kappa shape index (κ2) is 5.22. The summed E-state index contributed by atoms with van der Waals surface area (Å²) in [4.78, 5) is 15.9. The number of thiazole rings is 1. The predicted molar refractivity (Wildman–Crippen MR) is 63.4 cm³/mol. The third-order valence-electron chi connectivity index (χ3n) is 2.16. The molecule has 0 bridgehead atoms. The van der Waals surface area contributed by atoms with Crippen LogP contribution in [0.2, 0.25) is 0 Å². The highest BCUT2D eigenvalue weighted by molar-refractivity contribution is 7.13. The van der Waals surface area contributed by atoms with E-state index in [0.29, 0.717) is 4.88 Å². The van der Waals surface area contributed by atoms with Crippen molar-refractivity contribution in [3.63, 3.8) is 0 Å². The second-order valence-electron chi connectivity index (χ2n) is 3.41. The number of hydrogen-bond acceptors (Lipinski definition) is 4. The van der Waals surface area contributed by atoms with E-state index in [1.807, 2.05) is 0 Å². The van der Waals surface area contributed by atoms with Crippen LogP contribution in [-0.2, 0) is 4.74 Å². The smallest absolute Gasteiger partial charge is 0.358 e. The molecule has 0 N–H and O–H groups in total. The molecule has 94 valence electrons. The van der Waals surface area contributed by atoms with Crippen molar-refractivity contribution in [2.75, 3.05) is 6.61 Å². The molecule has 0 aliphatic rings. The topological polar surface area (TPSA) is 39.2 Å². The first kappa shape index (κ1) is 12.6. The molecule has 0 atom stereocenters. The van der Waals surface area contributed by atoms with E-state index < -0.39 is 17.6 Å². The summed E-state index contributed by atoms with van der Waals surface area (Å²) in [5.74, 6) is -2.00. The van der Waals surface area contributed by atoms with Crippen LogP contribution in [-0.4, -0.2) is 17.6 Å². The monoisotopic (exact) mass is 269 g/mol. The Labute approximate surface area is 106 Å². The van der Waals surface area contributed by atoms with E-state index >= 15 is 0 Å². The van der Waals surface area contributed by atoms with E-state index in [2.05, 4.69) is 4.98 Å². The molecule has 0 fully saturated rings. The third kappa shape index (κ3) is 2.53. The van der Waals surface area contributed by atoms with Crippen LogP contribution in [0.3, 0.4) is 0 Å². The Balaban J connectivity index is 2.45. The summed E-state index contributed by atoms with van der Waals surface area (Å²) in [6.45, 7) is 1.89. The summed E-state index contributed by atoms with van der Waals surface area (Å²) in [7, 11) is 0. The van der Waals surface area contributed by atoms with Crippen LogP contribution in [0.15, 0.2) is 23.7 Å². The third-order valence-corrected chi connectivity index (χ3v) is 3.04. The van der Waals surface area contributed by atoms with Crippen molar-refractivity contribution >= 4 is 17.3 Å². The Bertz CT molecular complexity index is 563. The average Bonchev–Trinajstić information content (AvgIpc) is 2.76. The summed E-state index contributed by atoms with van der Waals surface area (Å²) in [6.07, 6.45) is 0. The molecule has 18 heavy (non-hydrogen) atoms. The Kier molecular flexibility index (Phi) is 3.66. The zero-order valence-corrected chi connectivity index (χ0v) is 10.3. The van der Waals surface area contributed by atoms with E-state index in [4.69, 9.17) is 4.74 Å². The van der Waals surface area contributed by atoms with E-state index in [-0.39, 0.29) is 17.9 Å².